The van der Waals surface area contributed by atoms with Crippen molar-refractivity contribution in [3.8, 4) is 0 Å². The number of amides is 2. The van der Waals surface area contributed by atoms with E-state index in [1.54, 1.807) is 11.7 Å². The number of halogens is 1. The Morgan fingerprint density at radius 2 is 2.10 bits per heavy atom. The molecule has 7 nitrogen and oxygen atoms in total. The number of carbonyl (C=O) groups excluding carboxylic acids is 1. The van der Waals surface area contributed by atoms with Gasteiger partial charge >= 0.3 is 6.03 Å². The van der Waals surface area contributed by atoms with E-state index in [9.17, 15) is 9.90 Å². The smallest absolute Gasteiger partial charge is 0.320 e. The van der Waals surface area contributed by atoms with Gasteiger partial charge in [0.1, 0.15) is 5.82 Å². The third kappa shape index (κ3) is 6.37. The molecule has 0 spiro atoms. The van der Waals surface area contributed by atoms with Crippen LogP contribution < -0.4 is 10.6 Å². The number of likely N-dealkylation sites (tertiary alicyclic amines) is 1. The highest BCUT2D eigenvalue weighted by Gasteiger charge is 2.28. The molecule has 3 N–H and O–H groups in total. The Morgan fingerprint density at radius 3 is 2.72 bits per heavy atom. The van der Waals surface area contributed by atoms with E-state index in [4.69, 9.17) is 11.6 Å². The predicted molar refractivity (Wildman–Crippen MR) is 118 cm³/mol. The van der Waals surface area contributed by atoms with E-state index in [2.05, 4.69) is 20.6 Å². The summed E-state index contributed by atoms with van der Waals surface area (Å²) >= 11 is 7.79. The summed E-state index contributed by atoms with van der Waals surface area (Å²) in [6, 6.07) is 9.17. The molecule has 9 heteroatoms. The SMILES string of the molecule is CCc1cc(NC(=O)N[C@H](CO)CCN2CC(Sc3ccc(Cl)cc3)C2)n(C)n1. The van der Waals surface area contributed by atoms with Gasteiger partial charge in [0.05, 0.1) is 18.3 Å². The van der Waals surface area contributed by atoms with Gasteiger partial charge in [0.25, 0.3) is 0 Å². The first-order valence-corrected chi connectivity index (χ1v) is 11.1. The number of aryl methyl sites for hydroxylation is 2. The molecule has 0 unspecified atom stereocenters. The second-order valence-electron chi connectivity index (χ2n) is 7.22. The number of anilines is 1. The van der Waals surface area contributed by atoms with Crippen LogP contribution in [0.25, 0.3) is 0 Å². The van der Waals surface area contributed by atoms with Crippen molar-refractivity contribution < 1.29 is 9.90 Å². The molecule has 3 rings (SSSR count). The lowest BCUT2D eigenvalue weighted by atomic mass is 10.1. The van der Waals surface area contributed by atoms with E-state index >= 15 is 0 Å². The predicted octanol–water partition coefficient (Wildman–Crippen LogP) is 2.98. The number of urea groups is 1. The minimum Gasteiger partial charge on any atom is -0.394 e. The lowest BCUT2D eigenvalue weighted by Crippen LogP contribution is -2.51. The second kappa shape index (κ2) is 10.3. The molecular formula is C20H28ClN5O2S. The van der Waals surface area contributed by atoms with E-state index in [0.29, 0.717) is 17.5 Å². The van der Waals surface area contributed by atoms with E-state index < -0.39 is 0 Å². The van der Waals surface area contributed by atoms with Crippen LogP contribution in [-0.4, -0.2) is 63.4 Å². The molecule has 1 aliphatic rings. The summed E-state index contributed by atoms with van der Waals surface area (Å²) in [5.74, 6) is 0.640. The molecule has 158 valence electrons. The van der Waals surface area contributed by atoms with Crippen LogP contribution in [0.1, 0.15) is 19.0 Å². The first-order valence-electron chi connectivity index (χ1n) is 9.82. The lowest BCUT2D eigenvalue weighted by Gasteiger charge is -2.39. The number of nitrogens with zero attached hydrogens (tertiary/aromatic N) is 3. The Bertz CT molecular complexity index is 808. The molecule has 1 atom stereocenters. The average Bonchev–Trinajstić information content (AvgIpc) is 3.03. The van der Waals surface area contributed by atoms with E-state index in [1.807, 2.05) is 49.0 Å². The summed E-state index contributed by atoms with van der Waals surface area (Å²) in [6.07, 6.45) is 1.51. The highest BCUT2D eigenvalue weighted by atomic mass is 35.5. The van der Waals surface area contributed by atoms with E-state index in [-0.39, 0.29) is 18.7 Å². The molecular weight excluding hydrogens is 410 g/mol. The van der Waals surface area contributed by atoms with Gasteiger partial charge in [-0.1, -0.05) is 18.5 Å². The summed E-state index contributed by atoms with van der Waals surface area (Å²) in [7, 11) is 1.79. The Kier molecular flexibility index (Phi) is 7.83. The highest BCUT2D eigenvalue weighted by molar-refractivity contribution is 8.00. The minimum absolute atomic E-state index is 0.0875. The molecule has 1 aromatic carbocycles. The first kappa shape index (κ1) is 22.0. The standard InChI is InChI=1S/C20H28ClN5O2S/c1-3-15-10-19(25(2)24-15)23-20(28)22-16(13-27)8-9-26-11-18(12-26)29-17-6-4-14(21)5-7-17/h4-7,10,16,18,27H,3,8-9,11-13H2,1-2H3,(H2,22,23,28)/t16-/m0/s1. The number of aromatic nitrogens is 2. The zero-order valence-corrected chi connectivity index (χ0v) is 18.3. The minimum atomic E-state index is -0.325. The maximum absolute atomic E-state index is 12.2. The molecule has 0 saturated carbocycles. The molecule has 2 amide bonds. The van der Waals surface area contributed by atoms with Crippen molar-refractivity contribution in [2.24, 2.45) is 7.05 Å². The van der Waals surface area contributed by atoms with Crippen molar-refractivity contribution in [1.82, 2.24) is 20.0 Å². The number of aliphatic hydroxyl groups is 1. The summed E-state index contributed by atoms with van der Waals surface area (Å²) < 4.78 is 1.64. The number of aliphatic hydroxyl groups excluding tert-OH is 1. The zero-order chi connectivity index (χ0) is 20.8. The van der Waals surface area contributed by atoms with Crippen molar-refractivity contribution in [1.29, 1.82) is 0 Å². The van der Waals surface area contributed by atoms with Crippen LogP contribution in [0.5, 0.6) is 0 Å². The molecule has 1 saturated heterocycles. The largest absolute Gasteiger partial charge is 0.394 e. The van der Waals surface area contributed by atoms with Gasteiger partial charge in [0.15, 0.2) is 0 Å². The molecule has 2 heterocycles. The average molecular weight is 438 g/mol. The third-order valence-corrected chi connectivity index (χ3v) is 6.35. The summed E-state index contributed by atoms with van der Waals surface area (Å²) in [5.41, 5.74) is 0.922. The van der Waals surface area contributed by atoms with Gasteiger partial charge in [-0.3, -0.25) is 10.00 Å². The molecule has 2 aromatic rings. The van der Waals surface area contributed by atoms with Gasteiger partial charge in [-0.25, -0.2) is 4.79 Å². The van der Waals surface area contributed by atoms with Crippen molar-refractivity contribution in [2.75, 3.05) is 31.6 Å². The topological polar surface area (TPSA) is 82.4 Å². The van der Waals surface area contributed by atoms with Crippen LogP contribution in [0.2, 0.25) is 5.02 Å². The Balaban J connectivity index is 1.36. The Hall–Kier alpha value is -1.74. The quantitative estimate of drug-likeness (QED) is 0.561. The fourth-order valence-corrected chi connectivity index (χ4v) is 4.56. The lowest BCUT2D eigenvalue weighted by molar-refractivity contribution is 0.164. The van der Waals surface area contributed by atoms with E-state index in [0.717, 1.165) is 36.8 Å². The monoisotopic (exact) mass is 437 g/mol. The van der Waals surface area contributed by atoms with E-state index in [1.165, 1.54) is 4.90 Å². The van der Waals surface area contributed by atoms with Crippen LogP contribution in [0, 0.1) is 0 Å². The van der Waals surface area contributed by atoms with Crippen molar-refractivity contribution in [3.05, 3.63) is 41.0 Å². The number of rotatable bonds is 9. The number of benzene rings is 1. The van der Waals surface area contributed by atoms with Crippen LogP contribution in [0.3, 0.4) is 0 Å². The maximum Gasteiger partial charge on any atom is 0.320 e. The van der Waals surface area contributed by atoms with Gasteiger partial charge in [0, 0.05) is 47.9 Å². The van der Waals surface area contributed by atoms with Crippen molar-refractivity contribution in [3.63, 3.8) is 0 Å². The molecule has 29 heavy (non-hydrogen) atoms. The van der Waals surface area contributed by atoms with Gasteiger partial charge < -0.3 is 15.3 Å². The fourth-order valence-electron chi connectivity index (χ4n) is 3.19. The summed E-state index contributed by atoms with van der Waals surface area (Å²) in [6.45, 7) is 4.78. The molecule has 1 aromatic heterocycles. The number of carbonyl (C=O) groups is 1. The maximum atomic E-state index is 12.2. The first-order chi connectivity index (χ1) is 14.0. The second-order valence-corrected chi connectivity index (χ2v) is 9.03. The van der Waals surface area contributed by atoms with Crippen LogP contribution in [0.4, 0.5) is 10.6 Å². The van der Waals surface area contributed by atoms with Gasteiger partial charge in [-0.15, -0.1) is 11.8 Å². The highest BCUT2D eigenvalue weighted by Crippen LogP contribution is 2.30. The Labute approximate surface area is 180 Å². The number of thioether (sulfide) groups is 1. The molecule has 0 radical (unpaired) electrons. The third-order valence-electron chi connectivity index (χ3n) is 4.92. The zero-order valence-electron chi connectivity index (χ0n) is 16.8. The number of hydrogen-bond donors (Lipinski definition) is 3. The molecule has 0 bridgehead atoms. The number of hydrogen-bond acceptors (Lipinski definition) is 5. The number of nitrogens with one attached hydrogen (secondary N) is 2. The van der Waals surface area contributed by atoms with Crippen LogP contribution >= 0.6 is 23.4 Å². The van der Waals surface area contributed by atoms with Crippen molar-refractivity contribution in [2.45, 2.75) is 36.0 Å². The molecule has 1 fully saturated rings. The van der Waals surface area contributed by atoms with Gasteiger partial charge in [-0.2, -0.15) is 5.10 Å². The van der Waals surface area contributed by atoms with Crippen LogP contribution in [-0.2, 0) is 13.5 Å². The van der Waals surface area contributed by atoms with Gasteiger partial charge in [0.2, 0.25) is 0 Å². The normalized spacial score (nSPS) is 15.7. The van der Waals surface area contributed by atoms with Gasteiger partial charge in [-0.05, 0) is 37.1 Å². The summed E-state index contributed by atoms with van der Waals surface area (Å²) in [4.78, 5) is 15.8. The van der Waals surface area contributed by atoms with Crippen molar-refractivity contribution >= 4 is 35.2 Å². The molecule has 1 aliphatic heterocycles. The Morgan fingerprint density at radius 1 is 1.38 bits per heavy atom. The molecule has 0 aliphatic carbocycles. The summed E-state index contributed by atoms with van der Waals surface area (Å²) in [5, 5.41) is 20.9. The fraction of sp³-hybridized carbons (Fsp3) is 0.500. The van der Waals surface area contributed by atoms with Crippen LogP contribution in [0.15, 0.2) is 35.2 Å².